The molecule has 0 saturated carbocycles. The van der Waals surface area contributed by atoms with Crippen LogP contribution >= 0.6 is 0 Å². The van der Waals surface area contributed by atoms with Gasteiger partial charge >= 0.3 is 0 Å². The molecule has 0 aliphatic carbocycles. The molecule has 0 saturated heterocycles. The predicted molar refractivity (Wildman–Crippen MR) is 93.0 cm³/mol. The van der Waals surface area contributed by atoms with Gasteiger partial charge in [-0.15, -0.1) is 5.10 Å². The first-order chi connectivity index (χ1) is 12.9. The first kappa shape index (κ1) is 16.7. The normalized spacial score (nSPS) is 11.1. The summed E-state index contributed by atoms with van der Waals surface area (Å²) in [5.41, 5.74) is 1.66. The van der Waals surface area contributed by atoms with Crippen molar-refractivity contribution in [2.24, 2.45) is 0 Å². The van der Waals surface area contributed by atoms with Gasteiger partial charge in [-0.1, -0.05) is 0 Å². The SMILES string of the molecule is Cc1nc2nc(-c3ccc([N+](=O)[O-])cc3)cc(-c3cc(F)cc(F)c3)n2n1. The minimum Gasteiger partial charge on any atom is -0.258 e. The molecule has 4 rings (SSSR count). The molecule has 2 heterocycles. The Hall–Kier alpha value is -3.75. The van der Waals surface area contributed by atoms with Crippen LogP contribution < -0.4 is 0 Å². The summed E-state index contributed by atoms with van der Waals surface area (Å²) in [7, 11) is 0. The maximum absolute atomic E-state index is 13.7. The van der Waals surface area contributed by atoms with Gasteiger partial charge in [0.1, 0.15) is 17.5 Å². The quantitative estimate of drug-likeness (QED) is 0.404. The van der Waals surface area contributed by atoms with Crippen LogP contribution in [0.25, 0.3) is 28.3 Å². The molecule has 0 amide bonds. The van der Waals surface area contributed by atoms with E-state index in [0.29, 0.717) is 22.8 Å². The summed E-state index contributed by atoms with van der Waals surface area (Å²) in [5, 5.41) is 15.1. The van der Waals surface area contributed by atoms with Crippen LogP contribution in [-0.2, 0) is 0 Å². The number of non-ortho nitro benzene ring substituents is 1. The minimum absolute atomic E-state index is 0.0504. The fraction of sp³-hybridized carbons (Fsp3) is 0.0556. The van der Waals surface area contributed by atoms with Crippen LogP contribution in [-0.4, -0.2) is 24.5 Å². The van der Waals surface area contributed by atoms with Crippen molar-refractivity contribution in [1.82, 2.24) is 19.6 Å². The number of halogens is 2. The Morgan fingerprint density at radius 2 is 1.63 bits per heavy atom. The van der Waals surface area contributed by atoms with Crippen molar-refractivity contribution in [1.29, 1.82) is 0 Å². The highest BCUT2D eigenvalue weighted by molar-refractivity contribution is 5.71. The van der Waals surface area contributed by atoms with E-state index in [1.54, 1.807) is 25.1 Å². The smallest absolute Gasteiger partial charge is 0.258 e. The highest BCUT2D eigenvalue weighted by Gasteiger charge is 2.15. The van der Waals surface area contributed by atoms with E-state index in [1.807, 2.05) is 0 Å². The number of nitro groups is 1. The maximum atomic E-state index is 13.7. The van der Waals surface area contributed by atoms with Crippen LogP contribution in [0, 0.1) is 28.7 Å². The summed E-state index contributed by atoms with van der Waals surface area (Å²) >= 11 is 0. The zero-order valence-corrected chi connectivity index (χ0v) is 13.9. The largest absolute Gasteiger partial charge is 0.269 e. The van der Waals surface area contributed by atoms with Gasteiger partial charge in [-0.2, -0.15) is 9.50 Å². The van der Waals surface area contributed by atoms with Crippen LogP contribution in [0.2, 0.25) is 0 Å². The Morgan fingerprint density at radius 1 is 0.963 bits per heavy atom. The van der Waals surface area contributed by atoms with Gasteiger partial charge in [-0.05, 0) is 37.3 Å². The summed E-state index contributed by atoms with van der Waals surface area (Å²) < 4.78 is 28.8. The lowest BCUT2D eigenvalue weighted by molar-refractivity contribution is -0.384. The molecule has 0 atom stereocenters. The van der Waals surface area contributed by atoms with Crippen molar-refractivity contribution < 1.29 is 13.7 Å². The van der Waals surface area contributed by atoms with E-state index in [1.165, 1.54) is 28.8 Å². The minimum atomic E-state index is -0.719. The topological polar surface area (TPSA) is 86.2 Å². The molecule has 0 aliphatic rings. The second-order valence-electron chi connectivity index (χ2n) is 5.86. The monoisotopic (exact) mass is 367 g/mol. The van der Waals surface area contributed by atoms with Gasteiger partial charge in [0.25, 0.3) is 11.5 Å². The van der Waals surface area contributed by atoms with Crippen molar-refractivity contribution in [2.75, 3.05) is 0 Å². The Morgan fingerprint density at radius 3 is 2.26 bits per heavy atom. The van der Waals surface area contributed by atoms with E-state index in [-0.39, 0.29) is 17.0 Å². The lowest BCUT2D eigenvalue weighted by Gasteiger charge is -2.08. The molecule has 0 bridgehead atoms. The van der Waals surface area contributed by atoms with E-state index in [0.717, 1.165) is 6.07 Å². The second-order valence-corrected chi connectivity index (χ2v) is 5.86. The van der Waals surface area contributed by atoms with Gasteiger partial charge in [-0.3, -0.25) is 10.1 Å². The molecule has 0 unspecified atom stereocenters. The average molecular weight is 367 g/mol. The maximum Gasteiger partial charge on any atom is 0.269 e. The van der Waals surface area contributed by atoms with Crippen LogP contribution in [0.3, 0.4) is 0 Å². The summed E-state index contributed by atoms with van der Waals surface area (Å²) in [5.74, 6) is -0.739. The van der Waals surface area contributed by atoms with Crippen molar-refractivity contribution in [3.63, 3.8) is 0 Å². The fourth-order valence-corrected chi connectivity index (χ4v) is 2.78. The van der Waals surface area contributed by atoms with Gasteiger partial charge in [0.2, 0.25) is 0 Å². The molecule has 0 fully saturated rings. The third-order valence-corrected chi connectivity index (χ3v) is 3.95. The molecule has 2 aromatic carbocycles. The standard InChI is InChI=1S/C18H11F2N5O2/c1-10-21-18-22-16(11-2-4-15(5-3-11)25(26)27)9-17(24(18)23-10)12-6-13(19)8-14(20)7-12/h2-9H,1H3. The van der Waals surface area contributed by atoms with Gasteiger partial charge in [0, 0.05) is 29.3 Å². The highest BCUT2D eigenvalue weighted by atomic mass is 19.1. The van der Waals surface area contributed by atoms with Gasteiger partial charge < -0.3 is 0 Å². The van der Waals surface area contributed by atoms with Gasteiger partial charge in [-0.25, -0.2) is 13.8 Å². The number of nitro benzene ring substituents is 1. The summed E-state index contributed by atoms with van der Waals surface area (Å²) in [4.78, 5) is 19.0. The first-order valence-corrected chi connectivity index (χ1v) is 7.86. The average Bonchev–Trinajstić information content (AvgIpc) is 3.00. The Balaban J connectivity index is 1.94. The van der Waals surface area contributed by atoms with Crippen molar-refractivity contribution in [3.8, 4) is 22.5 Å². The third-order valence-electron chi connectivity index (χ3n) is 3.95. The molecule has 0 N–H and O–H groups in total. The number of nitrogens with zero attached hydrogens (tertiary/aromatic N) is 5. The molecular weight excluding hydrogens is 356 g/mol. The Bertz CT molecular complexity index is 1170. The number of hydrogen-bond donors (Lipinski definition) is 0. The van der Waals surface area contributed by atoms with E-state index < -0.39 is 16.6 Å². The van der Waals surface area contributed by atoms with Crippen molar-refractivity contribution in [3.05, 3.63) is 76.1 Å². The van der Waals surface area contributed by atoms with Gasteiger partial charge in [0.05, 0.1) is 16.3 Å². The molecule has 2 aromatic heterocycles. The molecular formula is C18H11F2N5O2. The third kappa shape index (κ3) is 3.10. The Labute approximate surface area is 151 Å². The molecule has 4 aromatic rings. The number of aromatic nitrogens is 4. The summed E-state index contributed by atoms with van der Waals surface area (Å²) in [6.45, 7) is 1.68. The molecule has 27 heavy (non-hydrogen) atoms. The molecule has 0 spiro atoms. The van der Waals surface area contributed by atoms with Crippen molar-refractivity contribution in [2.45, 2.75) is 6.92 Å². The first-order valence-electron chi connectivity index (χ1n) is 7.86. The van der Waals surface area contributed by atoms with E-state index in [9.17, 15) is 18.9 Å². The van der Waals surface area contributed by atoms with E-state index >= 15 is 0 Å². The van der Waals surface area contributed by atoms with Crippen LogP contribution in [0.5, 0.6) is 0 Å². The highest BCUT2D eigenvalue weighted by Crippen LogP contribution is 2.28. The van der Waals surface area contributed by atoms with Gasteiger partial charge in [0.15, 0.2) is 0 Å². The summed E-state index contributed by atoms with van der Waals surface area (Å²) in [6.07, 6.45) is 0. The Kier molecular flexibility index (Phi) is 3.84. The van der Waals surface area contributed by atoms with E-state index in [2.05, 4.69) is 15.1 Å². The van der Waals surface area contributed by atoms with E-state index in [4.69, 9.17) is 0 Å². The van der Waals surface area contributed by atoms with Crippen LogP contribution in [0.1, 0.15) is 5.82 Å². The predicted octanol–water partition coefficient (Wildman–Crippen LogP) is 3.95. The molecule has 7 nitrogen and oxygen atoms in total. The van der Waals surface area contributed by atoms with Crippen LogP contribution in [0.15, 0.2) is 48.5 Å². The van der Waals surface area contributed by atoms with Crippen molar-refractivity contribution >= 4 is 11.5 Å². The second kappa shape index (κ2) is 6.20. The molecule has 0 radical (unpaired) electrons. The molecule has 0 aliphatic heterocycles. The van der Waals surface area contributed by atoms with Crippen LogP contribution in [0.4, 0.5) is 14.5 Å². The number of benzene rings is 2. The molecule has 134 valence electrons. The number of rotatable bonds is 3. The molecule has 9 heteroatoms. The zero-order valence-electron chi connectivity index (χ0n) is 13.9. The summed E-state index contributed by atoms with van der Waals surface area (Å²) in [6, 6.07) is 10.6. The zero-order chi connectivity index (χ0) is 19.1. The lowest BCUT2D eigenvalue weighted by Crippen LogP contribution is -2.00. The number of aryl methyl sites for hydroxylation is 1. The fourth-order valence-electron chi connectivity index (χ4n) is 2.78. The number of hydrogen-bond acceptors (Lipinski definition) is 5. The lowest BCUT2D eigenvalue weighted by atomic mass is 10.1. The number of fused-ring (bicyclic) bond motifs is 1.